The highest BCUT2D eigenvalue weighted by molar-refractivity contribution is 7.91. The molecule has 2 aliphatic rings. The molecule has 0 amide bonds. The molecule has 0 aromatic rings. The first-order valence-corrected chi connectivity index (χ1v) is 10.2. The minimum atomic E-state index is -2.95. The van der Waals surface area contributed by atoms with E-state index in [0.717, 1.165) is 50.9 Å². The van der Waals surface area contributed by atoms with Crippen molar-refractivity contribution in [2.24, 2.45) is 11.8 Å². The minimum absolute atomic E-state index is 0.193. The van der Waals surface area contributed by atoms with Crippen molar-refractivity contribution in [3.8, 4) is 0 Å². The number of hydrogen-bond donors (Lipinski definition) is 1. The van der Waals surface area contributed by atoms with Gasteiger partial charge in [-0.1, -0.05) is 26.2 Å². The standard InChI is InChI=1S/C16H30O3S/c1-3-5-13-8-10-16(17,11-9-13)14-6-4-7-15(12-14)20(2,18)19/h13-15,17H,3-12H2,1-2H3. The molecule has 0 saturated heterocycles. The van der Waals surface area contributed by atoms with Crippen LogP contribution in [0.25, 0.3) is 0 Å². The van der Waals surface area contributed by atoms with E-state index in [1.165, 1.54) is 19.1 Å². The first kappa shape index (κ1) is 16.3. The second kappa shape index (κ2) is 6.35. The van der Waals surface area contributed by atoms with Crippen molar-refractivity contribution in [2.75, 3.05) is 6.26 Å². The molecule has 4 heteroatoms. The van der Waals surface area contributed by atoms with E-state index < -0.39 is 15.4 Å². The summed E-state index contributed by atoms with van der Waals surface area (Å²) in [5, 5.41) is 10.7. The maximum absolute atomic E-state index is 11.8. The van der Waals surface area contributed by atoms with Crippen LogP contribution in [-0.4, -0.2) is 30.6 Å². The molecule has 0 bridgehead atoms. The van der Waals surface area contributed by atoms with Gasteiger partial charge in [-0.3, -0.25) is 0 Å². The third-order valence-electron chi connectivity index (χ3n) is 5.66. The Balaban J connectivity index is 1.97. The first-order valence-electron chi connectivity index (χ1n) is 8.26. The smallest absolute Gasteiger partial charge is 0.150 e. The quantitative estimate of drug-likeness (QED) is 0.867. The van der Waals surface area contributed by atoms with Crippen LogP contribution < -0.4 is 0 Å². The van der Waals surface area contributed by atoms with Crippen LogP contribution in [-0.2, 0) is 9.84 Å². The second-order valence-corrected chi connectivity index (χ2v) is 9.48. The van der Waals surface area contributed by atoms with Crippen LogP contribution in [0, 0.1) is 11.8 Å². The third-order valence-corrected chi connectivity index (χ3v) is 7.30. The van der Waals surface area contributed by atoms with Crippen LogP contribution in [0.3, 0.4) is 0 Å². The summed E-state index contributed by atoms with van der Waals surface area (Å²) in [7, 11) is -2.95. The molecular formula is C16H30O3S. The molecule has 2 unspecified atom stereocenters. The topological polar surface area (TPSA) is 54.4 Å². The number of sulfone groups is 1. The third kappa shape index (κ3) is 3.76. The van der Waals surface area contributed by atoms with E-state index in [2.05, 4.69) is 6.92 Å². The van der Waals surface area contributed by atoms with Crippen LogP contribution >= 0.6 is 0 Å². The van der Waals surface area contributed by atoms with Gasteiger partial charge in [0.25, 0.3) is 0 Å². The lowest BCUT2D eigenvalue weighted by molar-refractivity contribution is -0.0705. The molecule has 20 heavy (non-hydrogen) atoms. The lowest BCUT2D eigenvalue weighted by Gasteiger charge is -2.44. The first-order chi connectivity index (χ1) is 9.35. The van der Waals surface area contributed by atoms with E-state index in [9.17, 15) is 13.5 Å². The Bertz CT molecular complexity index is 407. The summed E-state index contributed by atoms with van der Waals surface area (Å²) in [6, 6.07) is 0. The van der Waals surface area contributed by atoms with E-state index in [4.69, 9.17) is 0 Å². The Morgan fingerprint density at radius 3 is 2.35 bits per heavy atom. The second-order valence-electron chi connectivity index (χ2n) is 7.15. The molecule has 2 aliphatic carbocycles. The van der Waals surface area contributed by atoms with Crippen LogP contribution in [0.15, 0.2) is 0 Å². The van der Waals surface area contributed by atoms with E-state index in [0.29, 0.717) is 6.42 Å². The van der Waals surface area contributed by atoms with E-state index in [1.807, 2.05) is 0 Å². The number of rotatable bonds is 4. The van der Waals surface area contributed by atoms with E-state index in [-0.39, 0.29) is 11.2 Å². The molecule has 2 atom stereocenters. The van der Waals surface area contributed by atoms with Gasteiger partial charge in [0.1, 0.15) is 9.84 Å². The van der Waals surface area contributed by atoms with E-state index >= 15 is 0 Å². The van der Waals surface area contributed by atoms with Crippen LogP contribution in [0.4, 0.5) is 0 Å². The minimum Gasteiger partial charge on any atom is -0.390 e. The van der Waals surface area contributed by atoms with Gasteiger partial charge in [0, 0.05) is 6.26 Å². The molecule has 0 aliphatic heterocycles. The van der Waals surface area contributed by atoms with Crippen molar-refractivity contribution in [1.29, 1.82) is 0 Å². The molecule has 118 valence electrons. The maximum atomic E-state index is 11.8. The summed E-state index contributed by atoms with van der Waals surface area (Å²) in [4.78, 5) is 0. The van der Waals surface area contributed by atoms with Crippen molar-refractivity contribution in [3.63, 3.8) is 0 Å². The summed E-state index contributed by atoms with van der Waals surface area (Å²) < 4.78 is 23.5. The summed E-state index contributed by atoms with van der Waals surface area (Å²) in [5.74, 6) is 0.966. The molecular weight excluding hydrogens is 272 g/mol. The average molecular weight is 302 g/mol. The Morgan fingerprint density at radius 2 is 1.80 bits per heavy atom. The fourth-order valence-corrected chi connectivity index (χ4v) is 5.48. The molecule has 1 N–H and O–H groups in total. The van der Waals surface area contributed by atoms with Gasteiger partial charge in [-0.05, 0) is 56.8 Å². The molecule has 0 spiro atoms. The Morgan fingerprint density at radius 1 is 1.15 bits per heavy atom. The molecule has 0 aromatic carbocycles. The highest BCUT2D eigenvalue weighted by Gasteiger charge is 2.43. The lowest BCUT2D eigenvalue weighted by atomic mass is 9.67. The van der Waals surface area contributed by atoms with Gasteiger partial charge in [0.15, 0.2) is 0 Å². The molecule has 2 rings (SSSR count). The Hall–Kier alpha value is -0.0900. The number of hydrogen-bond acceptors (Lipinski definition) is 3. The van der Waals surface area contributed by atoms with Crippen LogP contribution in [0.2, 0.25) is 0 Å². The summed E-state index contributed by atoms with van der Waals surface area (Å²) in [5.41, 5.74) is -0.590. The normalized spacial score (nSPS) is 39.6. The van der Waals surface area contributed by atoms with Gasteiger partial charge in [0.2, 0.25) is 0 Å². The zero-order valence-electron chi connectivity index (χ0n) is 13.0. The van der Waals surface area contributed by atoms with E-state index in [1.54, 1.807) is 0 Å². The highest BCUT2D eigenvalue weighted by atomic mass is 32.2. The van der Waals surface area contributed by atoms with Crippen molar-refractivity contribution >= 4 is 9.84 Å². The monoisotopic (exact) mass is 302 g/mol. The predicted octanol–water partition coefficient (Wildman–Crippen LogP) is 3.31. The molecule has 0 aromatic heterocycles. The molecule has 2 fully saturated rings. The summed E-state index contributed by atoms with van der Waals surface area (Å²) in [6.45, 7) is 2.22. The molecule has 0 heterocycles. The fraction of sp³-hybridized carbons (Fsp3) is 1.00. The van der Waals surface area contributed by atoms with Crippen molar-refractivity contribution in [2.45, 2.75) is 82.0 Å². The lowest BCUT2D eigenvalue weighted by Crippen LogP contribution is -2.45. The van der Waals surface area contributed by atoms with Crippen molar-refractivity contribution < 1.29 is 13.5 Å². The predicted molar refractivity (Wildman–Crippen MR) is 82.4 cm³/mol. The Kier molecular flexibility index (Phi) is 5.17. The largest absolute Gasteiger partial charge is 0.390 e. The zero-order chi connectivity index (χ0) is 14.8. The van der Waals surface area contributed by atoms with Crippen molar-refractivity contribution in [1.82, 2.24) is 0 Å². The maximum Gasteiger partial charge on any atom is 0.150 e. The number of aliphatic hydroxyl groups is 1. The fourth-order valence-electron chi connectivity index (χ4n) is 4.30. The molecule has 2 saturated carbocycles. The van der Waals surface area contributed by atoms with Gasteiger partial charge in [-0.25, -0.2) is 8.42 Å². The highest BCUT2D eigenvalue weighted by Crippen LogP contribution is 2.44. The Labute approximate surface area is 124 Å². The van der Waals surface area contributed by atoms with Gasteiger partial charge in [-0.15, -0.1) is 0 Å². The zero-order valence-corrected chi connectivity index (χ0v) is 13.8. The van der Waals surface area contributed by atoms with Gasteiger partial charge in [0.05, 0.1) is 10.9 Å². The molecule has 0 radical (unpaired) electrons. The van der Waals surface area contributed by atoms with Gasteiger partial charge < -0.3 is 5.11 Å². The summed E-state index contributed by atoms with van der Waals surface area (Å²) in [6.07, 6.45) is 11.2. The van der Waals surface area contributed by atoms with Gasteiger partial charge >= 0.3 is 0 Å². The van der Waals surface area contributed by atoms with Gasteiger partial charge in [-0.2, -0.15) is 0 Å². The average Bonchev–Trinajstić information content (AvgIpc) is 2.41. The SMILES string of the molecule is CCCC1CCC(O)(C2CCCC(S(C)(=O)=O)C2)CC1. The molecule has 3 nitrogen and oxygen atoms in total. The van der Waals surface area contributed by atoms with Crippen molar-refractivity contribution in [3.05, 3.63) is 0 Å². The summed E-state index contributed by atoms with van der Waals surface area (Å²) >= 11 is 0. The van der Waals surface area contributed by atoms with Crippen LogP contribution in [0.5, 0.6) is 0 Å². The van der Waals surface area contributed by atoms with Crippen LogP contribution in [0.1, 0.15) is 71.1 Å².